The second-order valence-corrected chi connectivity index (χ2v) is 5.63. The Morgan fingerprint density at radius 2 is 1.86 bits per heavy atom. The molecule has 5 nitrogen and oxygen atoms in total. The molecule has 0 unspecified atom stereocenters. The highest BCUT2D eigenvalue weighted by molar-refractivity contribution is 5.65. The average Bonchev–Trinajstić information content (AvgIpc) is 2.46. The fourth-order valence-electron chi connectivity index (χ4n) is 2.15. The van der Waals surface area contributed by atoms with E-state index in [2.05, 4.69) is 31.3 Å². The molecular formula is C16H19N3O2. The Morgan fingerprint density at radius 1 is 1.19 bits per heavy atom. The molecule has 0 radical (unpaired) electrons. The molecule has 110 valence electrons. The molecule has 0 aliphatic carbocycles. The quantitative estimate of drug-likeness (QED) is 0.500. The topological polar surface area (TPSA) is 81.2 Å². The Hall–Kier alpha value is -2.56. The summed E-state index contributed by atoms with van der Waals surface area (Å²) in [4.78, 5) is 10.3. The van der Waals surface area contributed by atoms with Gasteiger partial charge in [0.15, 0.2) is 0 Å². The van der Waals surface area contributed by atoms with E-state index >= 15 is 0 Å². The van der Waals surface area contributed by atoms with Crippen LogP contribution in [0.2, 0.25) is 0 Å². The maximum absolute atomic E-state index is 10.7. The highest BCUT2D eigenvalue weighted by Gasteiger charge is 2.20. The number of nitrogens with two attached hydrogens (primary N) is 1. The fraction of sp³-hybridized carbons (Fsp3) is 0.250. The van der Waals surface area contributed by atoms with Crippen LogP contribution in [0.1, 0.15) is 19.4 Å². The third-order valence-electron chi connectivity index (χ3n) is 3.51. The number of hydrogen-bond donors (Lipinski definition) is 2. The van der Waals surface area contributed by atoms with Crippen molar-refractivity contribution in [3.8, 4) is 0 Å². The number of nitro benzene ring substituents is 1. The largest absolute Gasteiger partial charge is 0.393 e. The van der Waals surface area contributed by atoms with E-state index in [9.17, 15) is 10.1 Å². The predicted octanol–water partition coefficient (Wildman–Crippen LogP) is 3.57. The van der Waals surface area contributed by atoms with E-state index in [4.69, 9.17) is 5.73 Å². The van der Waals surface area contributed by atoms with Crippen molar-refractivity contribution in [2.45, 2.75) is 19.3 Å². The summed E-state index contributed by atoms with van der Waals surface area (Å²) >= 11 is 0. The lowest BCUT2D eigenvalue weighted by Gasteiger charge is -2.26. The van der Waals surface area contributed by atoms with Crippen LogP contribution in [0.4, 0.5) is 17.1 Å². The molecule has 0 amide bonds. The molecule has 0 bridgehead atoms. The van der Waals surface area contributed by atoms with Gasteiger partial charge in [-0.05, 0) is 17.7 Å². The Bertz CT molecular complexity index is 639. The molecule has 2 aromatic rings. The van der Waals surface area contributed by atoms with Gasteiger partial charge >= 0.3 is 0 Å². The zero-order valence-corrected chi connectivity index (χ0v) is 12.2. The van der Waals surface area contributed by atoms with Gasteiger partial charge in [-0.3, -0.25) is 10.1 Å². The molecule has 0 aliphatic heterocycles. The number of nitrogens with zero attached hydrogens (tertiary/aromatic N) is 1. The second kappa shape index (κ2) is 5.83. The minimum atomic E-state index is -0.479. The standard InChI is InChI=1S/C16H19N3O2/c1-16(2,12-6-4-3-5-7-12)11-18-13-8-9-15(19(20)21)14(17)10-13/h3-10,18H,11,17H2,1-2H3. The number of nitro groups is 1. The molecule has 21 heavy (non-hydrogen) atoms. The number of anilines is 2. The van der Waals surface area contributed by atoms with Crippen LogP contribution in [0.3, 0.4) is 0 Å². The van der Waals surface area contributed by atoms with Crippen LogP contribution in [-0.2, 0) is 5.41 Å². The summed E-state index contributed by atoms with van der Waals surface area (Å²) in [5.41, 5.74) is 7.74. The van der Waals surface area contributed by atoms with Gasteiger partial charge in [-0.15, -0.1) is 0 Å². The van der Waals surface area contributed by atoms with Gasteiger partial charge in [-0.1, -0.05) is 44.2 Å². The number of nitrogens with one attached hydrogen (secondary N) is 1. The second-order valence-electron chi connectivity index (χ2n) is 5.63. The highest BCUT2D eigenvalue weighted by atomic mass is 16.6. The molecule has 5 heteroatoms. The summed E-state index contributed by atoms with van der Waals surface area (Å²) in [5.74, 6) is 0. The van der Waals surface area contributed by atoms with Crippen LogP contribution in [0.15, 0.2) is 48.5 Å². The van der Waals surface area contributed by atoms with E-state index < -0.39 is 4.92 Å². The molecule has 0 heterocycles. The molecule has 0 spiro atoms. The SMILES string of the molecule is CC(C)(CNc1ccc([N+](=O)[O-])c(N)c1)c1ccccc1. The molecular weight excluding hydrogens is 266 g/mol. The molecule has 0 aromatic heterocycles. The fourth-order valence-corrected chi connectivity index (χ4v) is 2.15. The van der Waals surface area contributed by atoms with Crippen LogP contribution < -0.4 is 11.1 Å². The van der Waals surface area contributed by atoms with Crippen LogP contribution in [0.25, 0.3) is 0 Å². The summed E-state index contributed by atoms with van der Waals surface area (Å²) in [6.45, 7) is 4.99. The first-order valence-corrected chi connectivity index (χ1v) is 6.73. The minimum Gasteiger partial charge on any atom is -0.393 e. The number of rotatable bonds is 5. The summed E-state index contributed by atoms with van der Waals surface area (Å²) in [7, 11) is 0. The molecule has 3 N–H and O–H groups in total. The lowest BCUT2D eigenvalue weighted by Crippen LogP contribution is -2.27. The Balaban J connectivity index is 2.09. The van der Waals surface area contributed by atoms with Gasteiger partial charge in [0.25, 0.3) is 5.69 Å². The van der Waals surface area contributed by atoms with Crippen molar-refractivity contribution < 1.29 is 4.92 Å². The average molecular weight is 285 g/mol. The zero-order valence-electron chi connectivity index (χ0n) is 12.2. The summed E-state index contributed by atoms with van der Waals surface area (Å²) in [6, 6.07) is 14.9. The maximum atomic E-state index is 10.7. The normalized spacial score (nSPS) is 11.1. The monoisotopic (exact) mass is 285 g/mol. The predicted molar refractivity (Wildman–Crippen MR) is 85.5 cm³/mol. The van der Waals surface area contributed by atoms with Crippen molar-refractivity contribution in [1.29, 1.82) is 0 Å². The Kier molecular flexibility index (Phi) is 4.12. The van der Waals surface area contributed by atoms with Crippen LogP contribution in [0.5, 0.6) is 0 Å². The molecule has 0 fully saturated rings. The lowest BCUT2D eigenvalue weighted by molar-refractivity contribution is -0.383. The number of nitrogen functional groups attached to an aromatic ring is 1. The van der Waals surface area contributed by atoms with Gasteiger partial charge in [-0.2, -0.15) is 0 Å². The first-order valence-electron chi connectivity index (χ1n) is 6.73. The minimum absolute atomic E-state index is 0.0577. The van der Waals surface area contributed by atoms with Gasteiger partial charge < -0.3 is 11.1 Å². The molecule has 2 aromatic carbocycles. The van der Waals surface area contributed by atoms with Crippen molar-refractivity contribution in [3.63, 3.8) is 0 Å². The van der Waals surface area contributed by atoms with E-state index in [-0.39, 0.29) is 16.8 Å². The third-order valence-corrected chi connectivity index (χ3v) is 3.51. The van der Waals surface area contributed by atoms with Crippen LogP contribution in [-0.4, -0.2) is 11.5 Å². The van der Waals surface area contributed by atoms with Crippen molar-refractivity contribution in [3.05, 3.63) is 64.2 Å². The third kappa shape index (κ3) is 3.51. The van der Waals surface area contributed by atoms with Crippen molar-refractivity contribution in [2.24, 2.45) is 0 Å². The van der Waals surface area contributed by atoms with Crippen molar-refractivity contribution in [2.75, 3.05) is 17.6 Å². The maximum Gasteiger partial charge on any atom is 0.292 e. The Labute approximate surface area is 123 Å². The van der Waals surface area contributed by atoms with Gasteiger partial charge in [0.2, 0.25) is 0 Å². The number of benzene rings is 2. The molecule has 0 saturated carbocycles. The van der Waals surface area contributed by atoms with Gasteiger partial charge in [0, 0.05) is 23.7 Å². The first-order chi connectivity index (χ1) is 9.90. The number of hydrogen-bond acceptors (Lipinski definition) is 4. The Morgan fingerprint density at radius 3 is 2.43 bits per heavy atom. The van der Waals surface area contributed by atoms with Crippen molar-refractivity contribution in [1.82, 2.24) is 0 Å². The molecule has 0 aliphatic rings. The van der Waals surface area contributed by atoms with E-state index in [0.717, 1.165) is 5.69 Å². The zero-order chi connectivity index (χ0) is 15.5. The van der Waals surface area contributed by atoms with E-state index in [1.165, 1.54) is 11.6 Å². The first kappa shape index (κ1) is 14.8. The highest BCUT2D eigenvalue weighted by Crippen LogP contribution is 2.27. The summed E-state index contributed by atoms with van der Waals surface area (Å²) in [5, 5.41) is 14.0. The van der Waals surface area contributed by atoms with E-state index in [1.54, 1.807) is 12.1 Å². The van der Waals surface area contributed by atoms with Crippen LogP contribution in [0, 0.1) is 10.1 Å². The summed E-state index contributed by atoms with van der Waals surface area (Å²) < 4.78 is 0. The van der Waals surface area contributed by atoms with Gasteiger partial charge in [-0.25, -0.2) is 0 Å². The van der Waals surface area contributed by atoms with Crippen LogP contribution >= 0.6 is 0 Å². The van der Waals surface area contributed by atoms with E-state index in [1.807, 2.05) is 18.2 Å². The smallest absolute Gasteiger partial charge is 0.292 e. The van der Waals surface area contributed by atoms with Gasteiger partial charge in [0.1, 0.15) is 5.69 Å². The van der Waals surface area contributed by atoms with Gasteiger partial charge in [0.05, 0.1) is 4.92 Å². The molecule has 0 saturated heterocycles. The van der Waals surface area contributed by atoms with Crippen molar-refractivity contribution >= 4 is 17.1 Å². The summed E-state index contributed by atoms with van der Waals surface area (Å²) in [6.07, 6.45) is 0. The molecule has 0 atom stereocenters. The molecule has 2 rings (SSSR count). The van der Waals surface area contributed by atoms with E-state index in [0.29, 0.717) is 6.54 Å². The lowest BCUT2D eigenvalue weighted by atomic mass is 9.84.